The van der Waals surface area contributed by atoms with Crippen molar-refractivity contribution >= 4 is 17.7 Å². The predicted molar refractivity (Wildman–Crippen MR) is 120 cm³/mol. The highest BCUT2D eigenvalue weighted by molar-refractivity contribution is 5.84. The van der Waals surface area contributed by atoms with Crippen LogP contribution in [0.3, 0.4) is 0 Å². The molecule has 7 nitrogen and oxygen atoms in total. The van der Waals surface area contributed by atoms with Gasteiger partial charge in [-0.05, 0) is 64.3 Å². The number of aliphatic imine (C=N–C) groups is 1. The SMILES string of the molecule is CCN(CCNC(=NC)NCCc1ccc(NC(=O)OC(C)(C)C)cc1)C1CC1. The Morgan fingerprint density at radius 1 is 1.17 bits per heavy atom. The summed E-state index contributed by atoms with van der Waals surface area (Å²) in [5.41, 5.74) is 1.41. The Balaban J connectivity index is 1.67. The third-order valence-electron chi connectivity index (χ3n) is 4.69. The molecule has 3 N–H and O–H groups in total. The number of anilines is 1. The first kappa shape index (κ1) is 23.0. The molecule has 0 aromatic heterocycles. The molecule has 0 atom stereocenters. The van der Waals surface area contributed by atoms with Crippen molar-refractivity contribution in [2.24, 2.45) is 4.99 Å². The van der Waals surface area contributed by atoms with Crippen LogP contribution in [0.25, 0.3) is 0 Å². The summed E-state index contributed by atoms with van der Waals surface area (Å²) in [6.45, 7) is 11.6. The minimum Gasteiger partial charge on any atom is -0.444 e. The van der Waals surface area contributed by atoms with Gasteiger partial charge < -0.3 is 15.4 Å². The van der Waals surface area contributed by atoms with Gasteiger partial charge in [0.15, 0.2) is 5.96 Å². The molecular weight excluding hydrogens is 366 g/mol. The number of hydrogen-bond donors (Lipinski definition) is 3. The lowest BCUT2D eigenvalue weighted by Crippen LogP contribution is -2.42. The molecule has 162 valence electrons. The van der Waals surface area contributed by atoms with Gasteiger partial charge in [0, 0.05) is 38.4 Å². The van der Waals surface area contributed by atoms with Gasteiger partial charge in [-0.25, -0.2) is 4.79 Å². The van der Waals surface area contributed by atoms with Gasteiger partial charge in [-0.3, -0.25) is 15.2 Å². The highest BCUT2D eigenvalue weighted by atomic mass is 16.6. The number of benzene rings is 1. The summed E-state index contributed by atoms with van der Waals surface area (Å²) >= 11 is 0. The van der Waals surface area contributed by atoms with E-state index in [1.807, 2.05) is 45.0 Å². The standard InChI is InChI=1S/C22H37N5O2/c1-6-27(19-11-12-19)16-15-25-20(23-5)24-14-13-17-7-9-18(10-8-17)26-21(28)29-22(2,3)4/h7-10,19H,6,11-16H2,1-5H3,(H,26,28)(H2,23,24,25). The molecule has 0 bridgehead atoms. The van der Waals surface area contributed by atoms with Gasteiger partial charge in [0.25, 0.3) is 0 Å². The fourth-order valence-electron chi connectivity index (χ4n) is 3.08. The van der Waals surface area contributed by atoms with Crippen molar-refractivity contribution in [1.82, 2.24) is 15.5 Å². The quantitative estimate of drug-likeness (QED) is 0.436. The number of amides is 1. The maximum absolute atomic E-state index is 11.8. The van der Waals surface area contributed by atoms with Crippen LogP contribution in [0, 0.1) is 0 Å². The summed E-state index contributed by atoms with van der Waals surface area (Å²) in [5, 5.41) is 9.49. The third kappa shape index (κ3) is 9.17. The van der Waals surface area contributed by atoms with Crippen molar-refractivity contribution in [1.29, 1.82) is 0 Å². The van der Waals surface area contributed by atoms with E-state index in [1.165, 1.54) is 18.4 Å². The molecule has 1 aliphatic carbocycles. The topological polar surface area (TPSA) is 78.0 Å². The van der Waals surface area contributed by atoms with Gasteiger partial charge in [-0.15, -0.1) is 0 Å². The average molecular weight is 404 g/mol. The van der Waals surface area contributed by atoms with E-state index in [-0.39, 0.29) is 0 Å². The highest BCUT2D eigenvalue weighted by Crippen LogP contribution is 2.25. The van der Waals surface area contributed by atoms with Gasteiger partial charge in [0.2, 0.25) is 0 Å². The maximum atomic E-state index is 11.8. The van der Waals surface area contributed by atoms with Crippen LogP contribution in [-0.4, -0.2) is 61.8 Å². The van der Waals surface area contributed by atoms with Crippen LogP contribution in [0.5, 0.6) is 0 Å². The molecule has 0 aliphatic heterocycles. The number of carbonyl (C=O) groups excluding carboxylic acids is 1. The van der Waals surface area contributed by atoms with Crippen LogP contribution in [0.2, 0.25) is 0 Å². The van der Waals surface area contributed by atoms with Gasteiger partial charge in [0.1, 0.15) is 5.60 Å². The van der Waals surface area contributed by atoms with Crippen LogP contribution >= 0.6 is 0 Å². The van der Waals surface area contributed by atoms with Crippen LogP contribution in [0.1, 0.15) is 46.1 Å². The van der Waals surface area contributed by atoms with Crippen molar-refractivity contribution in [2.75, 3.05) is 38.5 Å². The Hall–Kier alpha value is -2.28. The molecule has 1 aromatic carbocycles. The first-order valence-corrected chi connectivity index (χ1v) is 10.6. The molecule has 0 heterocycles. The largest absolute Gasteiger partial charge is 0.444 e. The van der Waals surface area contributed by atoms with Gasteiger partial charge >= 0.3 is 6.09 Å². The smallest absolute Gasteiger partial charge is 0.412 e. The average Bonchev–Trinajstić information content (AvgIpc) is 3.48. The fourth-order valence-corrected chi connectivity index (χ4v) is 3.08. The first-order valence-electron chi connectivity index (χ1n) is 10.6. The van der Waals surface area contributed by atoms with E-state index in [0.717, 1.165) is 50.3 Å². The molecule has 1 aromatic rings. The molecule has 1 aliphatic rings. The molecule has 0 saturated heterocycles. The van der Waals surface area contributed by atoms with E-state index < -0.39 is 11.7 Å². The number of nitrogens with one attached hydrogen (secondary N) is 3. The number of rotatable bonds is 9. The minimum absolute atomic E-state index is 0.440. The summed E-state index contributed by atoms with van der Waals surface area (Å²) < 4.78 is 5.26. The molecule has 29 heavy (non-hydrogen) atoms. The predicted octanol–water partition coefficient (Wildman–Crippen LogP) is 3.23. The van der Waals surface area contributed by atoms with Crippen LogP contribution in [0.4, 0.5) is 10.5 Å². The van der Waals surface area contributed by atoms with Crippen LogP contribution in [0.15, 0.2) is 29.3 Å². The molecule has 0 spiro atoms. The van der Waals surface area contributed by atoms with Crippen LogP contribution < -0.4 is 16.0 Å². The number of hydrogen-bond acceptors (Lipinski definition) is 4. The summed E-state index contributed by atoms with van der Waals surface area (Å²) in [5.74, 6) is 0.833. The molecule has 1 fully saturated rings. The third-order valence-corrected chi connectivity index (χ3v) is 4.69. The Labute approximate surface area is 175 Å². The molecule has 7 heteroatoms. The van der Waals surface area contributed by atoms with Crippen molar-refractivity contribution in [3.05, 3.63) is 29.8 Å². The minimum atomic E-state index is -0.505. The van der Waals surface area contributed by atoms with E-state index in [0.29, 0.717) is 0 Å². The summed E-state index contributed by atoms with van der Waals surface area (Å²) in [6, 6.07) is 8.61. The summed E-state index contributed by atoms with van der Waals surface area (Å²) in [7, 11) is 1.80. The van der Waals surface area contributed by atoms with Crippen molar-refractivity contribution in [3.63, 3.8) is 0 Å². The second-order valence-corrected chi connectivity index (χ2v) is 8.36. The zero-order valence-corrected chi connectivity index (χ0v) is 18.5. The molecule has 0 unspecified atom stereocenters. The van der Waals surface area contributed by atoms with Crippen molar-refractivity contribution < 1.29 is 9.53 Å². The van der Waals surface area contributed by atoms with E-state index in [2.05, 4.69) is 32.8 Å². The fraction of sp³-hybridized carbons (Fsp3) is 0.636. The Morgan fingerprint density at radius 2 is 1.83 bits per heavy atom. The molecule has 1 amide bonds. The number of carbonyl (C=O) groups is 1. The Kier molecular flexibility index (Phi) is 8.76. The van der Waals surface area contributed by atoms with Gasteiger partial charge in [-0.2, -0.15) is 0 Å². The summed E-state index contributed by atoms with van der Waals surface area (Å²) in [4.78, 5) is 18.6. The molecule has 0 radical (unpaired) electrons. The normalized spacial score (nSPS) is 14.6. The Bertz CT molecular complexity index is 663. The van der Waals surface area contributed by atoms with Crippen LogP contribution in [-0.2, 0) is 11.2 Å². The maximum Gasteiger partial charge on any atom is 0.412 e. The molecular formula is C22H37N5O2. The van der Waals surface area contributed by atoms with E-state index in [9.17, 15) is 4.79 Å². The first-order chi connectivity index (χ1) is 13.8. The van der Waals surface area contributed by atoms with E-state index >= 15 is 0 Å². The zero-order chi connectivity index (χ0) is 21.3. The summed E-state index contributed by atoms with van der Waals surface area (Å²) in [6.07, 6.45) is 3.11. The monoisotopic (exact) mass is 403 g/mol. The van der Waals surface area contributed by atoms with E-state index in [4.69, 9.17) is 4.74 Å². The van der Waals surface area contributed by atoms with E-state index in [1.54, 1.807) is 7.05 Å². The molecule has 1 saturated carbocycles. The highest BCUT2D eigenvalue weighted by Gasteiger charge is 2.27. The second-order valence-electron chi connectivity index (χ2n) is 8.36. The molecule has 2 rings (SSSR count). The van der Waals surface area contributed by atoms with Crippen molar-refractivity contribution in [2.45, 2.75) is 58.6 Å². The zero-order valence-electron chi connectivity index (χ0n) is 18.5. The Morgan fingerprint density at radius 3 is 2.38 bits per heavy atom. The number of likely N-dealkylation sites (N-methyl/N-ethyl adjacent to an activating group) is 1. The number of nitrogens with zero attached hydrogens (tertiary/aromatic N) is 2. The van der Waals surface area contributed by atoms with Crippen molar-refractivity contribution in [3.8, 4) is 0 Å². The number of ether oxygens (including phenoxy) is 1. The lowest BCUT2D eigenvalue weighted by atomic mass is 10.1. The lowest BCUT2D eigenvalue weighted by molar-refractivity contribution is 0.0636. The number of guanidine groups is 1. The van der Waals surface area contributed by atoms with Gasteiger partial charge in [-0.1, -0.05) is 19.1 Å². The second kappa shape index (κ2) is 11.0. The lowest BCUT2D eigenvalue weighted by Gasteiger charge is -2.20. The van der Waals surface area contributed by atoms with Gasteiger partial charge in [0.05, 0.1) is 0 Å².